The van der Waals surface area contributed by atoms with Crippen LogP contribution in [0.4, 0.5) is 0 Å². The van der Waals surface area contributed by atoms with Gasteiger partial charge in [0.1, 0.15) is 5.75 Å². The fourth-order valence-corrected chi connectivity index (χ4v) is 3.44. The molecule has 1 saturated carbocycles. The highest BCUT2D eigenvalue weighted by Gasteiger charge is 2.25. The lowest BCUT2D eigenvalue weighted by molar-refractivity contribution is 0.248. The van der Waals surface area contributed by atoms with Crippen LogP contribution in [0.3, 0.4) is 0 Å². The molecule has 2 rings (SSSR count). The highest BCUT2D eigenvalue weighted by molar-refractivity contribution is 5.85. The molecule has 0 spiro atoms. The molecule has 0 amide bonds. The number of aromatic nitrogens is 1. The van der Waals surface area contributed by atoms with Crippen LogP contribution in [0.5, 0.6) is 5.75 Å². The normalized spacial score (nSPS) is 23.0. The van der Waals surface area contributed by atoms with Crippen molar-refractivity contribution >= 4 is 12.4 Å². The molecule has 1 aromatic rings. The molecule has 1 aromatic heterocycles. The van der Waals surface area contributed by atoms with E-state index < -0.39 is 0 Å². The van der Waals surface area contributed by atoms with Gasteiger partial charge in [-0.05, 0) is 50.4 Å². The monoisotopic (exact) mass is 312 g/mol. The van der Waals surface area contributed by atoms with Crippen LogP contribution >= 0.6 is 12.4 Å². The van der Waals surface area contributed by atoms with Crippen LogP contribution in [-0.2, 0) is 0 Å². The predicted molar refractivity (Wildman–Crippen MR) is 90.5 cm³/mol. The molecule has 0 saturated heterocycles. The van der Waals surface area contributed by atoms with Crippen molar-refractivity contribution in [3.05, 3.63) is 24.0 Å². The minimum Gasteiger partial charge on any atom is -0.495 e. The summed E-state index contributed by atoms with van der Waals surface area (Å²) in [6.45, 7) is 1.17. The summed E-state index contributed by atoms with van der Waals surface area (Å²) in [7, 11) is 6.08. The van der Waals surface area contributed by atoms with Crippen LogP contribution in [0.15, 0.2) is 18.5 Å². The van der Waals surface area contributed by atoms with Crippen molar-refractivity contribution in [3.8, 4) is 5.75 Å². The third-order valence-corrected chi connectivity index (χ3v) is 4.41. The molecular formula is C17H29ClN2O. The van der Waals surface area contributed by atoms with E-state index in [1.807, 2.05) is 6.20 Å². The average molecular weight is 313 g/mol. The lowest BCUT2D eigenvalue weighted by atomic mass is 9.78. The molecule has 1 fully saturated rings. The Balaban J connectivity index is 0.00000220. The Morgan fingerprint density at radius 2 is 1.86 bits per heavy atom. The van der Waals surface area contributed by atoms with Gasteiger partial charge in [-0.1, -0.05) is 25.7 Å². The van der Waals surface area contributed by atoms with E-state index in [9.17, 15) is 0 Å². The van der Waals surface area contributed by atoms with Gasteiger partial charge in [-0.3, -0.25) is 4.98 Å². The third kappa shape index (κ3) is 5.48. The maximum atomic E-state index is 5.35. The molecule has 1 aliphatic carbocycles. The van der Waals surface area contributed by atoms with Gasteiger partial charge in [0.25, 0.3) is 0 Å². The Morgan fingerprint density at radius 3 is 2.52 bits per heavy atom. The first-order valence-corrected chi connectivity index (χ1v) is 7.84. The third-order valence-electron chi connectivity index (χ3n) is 4.41. The summed E-state index contributed by atoms with van der Waals surface area (Å²) in [5.41, 5.74) is 1.36. The Morgan fingerprint density at radius 1 is 1.14 bits per heavy atom. The van der Waals surface area contributed by atoms with E-state index in [4.69, 9.17) is 4.74 Å². The van der Waals surface area contributed by atoms with Crippen molar-refractivity contribution in [1.82, 2.24) is 9.88 Å². The molecule has 4 heteroatoms. The molecule has 0 bridgehead atoms. The van der Waals surface area contributed by atoms with Crippen molar-refractivity contribution < 1.29 is 4.74 Å². The second-order valence-corrected chi connectivity index (χ2v) is 6.28. The van der Waals surface area contributed by atoms with Gasteiger partial charge >= 0.3 is 0 Å². The first-order chi connectivity index (χ1) is 9.70. The van der Waals surface area contributed by atoms with Crippen LogP contribution < -0.4 is 4.74 Å². The number of rotatable bonds is 4. The second-order valence-electron chi connectivity index (χ2n) is 6.28. The van der Waals surface area contributed by atoms with Crippen molar-refractivity contribution in [2.75, 3.05) is 27.7 Å². The van der Waals surface area contributed by atoms with Gasteiger partial charge in [-0.2, -0.15) is 0 Å². The van der Waals surface area contributed by atoms with E-state index in [1.165, 1.54) is 50.6 Å². The minimum atomic E-state index is 0. The van der Waals surface area contributed by atoms with E-state index in [0.717, 1.165) is 11.7 Å². The fraction of sp³-hybridized carbons (Fsp3) is 0.706. The Hall–Kier alpha value is -0.800. The van der Waals surface area contributed by atoms with Gasteiger partial charge in [0.15, 0.2) is 0 Å². The number of nitrogens with zero attached hydrogens (tertiary/aromatic N) is 2. The number of pyridine rings is 1. The van der Waals surface area contributed by atoms with E-state index in [0.29, 0.717) is 5.92 Å². The Labute approximate surface area is 135 Å². The zero-order valence-electron chi connectivity index (χ0n) is 13.5. The van der Waals surface area contributed by atoms with Crippen LogP contribution in [0, 0.1) is 5.92 Å². The lowest BCUT2D eigenvalue weighted by Gasteiger charge is -2.31. The molecule has 0 N–H and O–H groups in total. The van der Waals surface area contributed by atoms with Gasteiger partial charge in [0.2, 0.25) is 0 Å². The maximum absolute atomic E-state index is 5.35. The molecule has 3 nitrogen and oxygen atoms in total. The average Bonchev–Trinajstić information content (AvgIpc) is 2.42. The van der Waals surface area contributed by atoms with Crippen LogP contribution in [0.1, 0.15) is 50.0 Å². The smallest absolute Gasteiger partial charge is 0.137 e. The summed E-state index contributed by atoms with van der Waals surface area (Å²) in [5, 5.41) is 0. The predicted octanol–water partition coefficient (Wildman–Crippen LogP) is 4.13. The van der Waals surface area contributed by atoms with Crippen LogP contribution in [0.25, 0.3) is 0 Å². The Bertz CT molecular complexity index is 412. The summed E-state index contributed by atoms with van der Waals surface area (Å²) in [6, 6.07) is 2.18. The summed E-state index contributed by atoms with van der Waals surface area (Å²) in [5.74, 6) is 2.24. The first-order valence-electron chi connectivity index (χ1n) is 7.84. The van der Waals surface area contributed by atoms with E-state index >= 15 is 0 Å². The van der Waals surface area contributed by atoms with Crippen molar-refractivity contribution in [3.63, 3.8) is 0 Å². The number of hydrogen-bond acceptors (Lipinski definition) is 3. The largest absolute Gasteiger partial charge is 0.495 e. The zero-order chi connectivity index (χ0) is 14.4. The molecule has 0 unspecified atom stereocenters. The number of methoxy groups -OCH3 is 1. The van der Waals surface area contributed by atoms with Crippen molar-refractivity contribution in [1.29, 1.82) is 0 Å². The standard InChI is InChI=1S/C17H28N2O.ClH/c1-19(2)13-14-8-6-4-5-7-9-17(14)15-10-16(20-3)12-18-11-15;/h10-12,14,17H,4-9,13H2,1-3H3;1H/t14-,17-;/m0./s1. The van der Waals surface area contributed by atoms with E-state index in [-0.39, 0.29) is 12.4 Å². The molecule has 21 heavy (non-hydrogen) atoms. The topological polar surface area (TPSA) is 25.4 Å². The number of halogens is 1. The number of ether oxygens (including phenoxy) is 1. The maximum Gasteiger partial charge on any atom is 0.137 e. The van der Waals surface area contributed by atoms with E-state index in [2.05, 4.69) is 30.0 Å². The lowest BCUT2D eigenvalue weighted by Crippen LogP contribution is -2.27. The highest BCUT2D eigenvalue weighted by atomic mass is 35.5. The van der Waals surface area contributed by atoms with Gasteiger partial charge < -0.3 is 9.64 Å². The van der Waals surface area contributed by atoms with Gasteiger partial charge in [0.05, 0.1) is 13.3 Å². The van der Waals surface area contributed by atoms with Crippen LogP contribution in [0.2, 0.25) is 0 Å². The van der Waals surface area contributed by atoms with Gasteiger partial charge in [-0.15, -0.1) is 12.4 Å². The molecule has 0 radical (unpaired) electrons. The molecule has 0 aliphatic heterocycles. The molecule has 2 atom stereocenters. The van der Waals surface area contributed by atoms with Crippen molar-refractivity contribution in [2.24, 2.45) is 5.92 Å². The number of hydrogen-bond donors (Lipinski definition) is 0. The molecule has 0 aromatic carbocycles. The molecule has 1 heterocycles. The summed E-state index contributed by atoms with van der Waals surface area (Å²) in [6.07, 6.45) is 11.9. The molecule has 120 valence electrons. The van der Waals surface area contributed by atoms with Crippen LogP contribution in [-0.4, -0.2) is 37.6 Å². The highest BCUT2D eigenvalue weighted by Crippen LogP contribution is 2.36. The zero-order valence-corrected chi connectivity index (χ0v) is 14.4. The van der Waals surface area contributed by atoms with Crippen molar-refractivity contribution in [2.45, 2.75) is 44.4 Å². The summed E-state index contributed by atoms with van der Waals surface area (Å²) in [4.78, 5) is 6.69. The van der Waals surface area contributed by atoms with Gasteiger partial charge in [-0.25, -0.2) is 0 Å². The minimum absolute atomic E-state index is 0. The summed E-state index contributed by atoms with van der Waals surface area (Å²) < 4.78 is 5.35. The quantitative estimate of drug-likeness (QED) is 0.836. The molecule has 1 aliphatic rings. The summed E-state index contributed by atoms with van der Waals surface area (Å²) >= 11 is 0. The van der Waals surface area contributed by atoms with Gasteiger partial charge in [0, 0.05) is 12.7 Å². The van der Waals surface area contributed by atoms with E-state index in [1.54, 1.807) is 13.3 Å². The fourth-order valence-electron chi connectivity index (χ4n) is 3.44. The molecular weight excluding hydrogens is 284 g/mol. The first kappa shape index (κ1) is 18.2. The second kappa shape index (κ2) is 9.26. The SMILES string of the molecule is COc1cncc([C@H]2CCCCCC[C@H]2CN(C)C)c1.Cl. The Kier molecular flexibility index (Phi) is 8.05.